The van der Waals surface area contributed by atoms with Gasteiger partial charge in [0.15, 0.2) is 11.2 Å². The highest BCUT2D eigenvalue weighted by Gasteiger charge is 2.26. The maximum Gasteiger partial charge on any atom is 0.407 e. The molecule has 1 aliphatic rings. The van der Waals surface area contributed by atoms with Crippen molar-refractivity contribution in [3.8, 4) is 17.9 Å². The summed E-state index contributed by atoms with van der Waals surface area (Å²) >= 11 is 0. The number of amides is 1. The Hall–Kier alpha value is -3.53. The van der Waals surface area contributed by atoms with E-state index in [0.717, 1.165) is 0 Å². The fourth-order valence-corrected chi connectivity index (χ4v) is 2.90. The van der Waals surface area contributed by atoms with Crippen molar-refractivity contribution in [2.45, 2.75) is 13.5 Å². The lowest BCUT2D eigenvalue weighted by atomic mass is 10.3. The minimum Gasteiger partial charge on any atom is -0.465 e. The van der Waals surface area contributed by atoms with Gasteiger partial charge in [-0.05, 0) is 6.92 Å². The summed E-state index contributed by atoms with van der Waals surface area (Å²) in [7, 11) is 1.49. The topological polar surface area (TPSA) is 120 Å². The lowest BCUT2D eigenvalue weighted by molar-refractivity contribution is 0.142. The molecule has 0 unspecified atom stereocenters. The summed E-state index contributed by atoms with van der Waals surface area (Å²) in [5.41, 5.74) is 0.107. The van der Waals surface area contributed by atoms with Crippen LogP contribution >= 0.6 is 0 Å². The first-order chi connectivity index (χ1) is 12.5. The van der Waals surface area contributed by atoms with E-state index in [1.54, 1.807) is 11.5 Å². The number of piperazine rings is 1. The monoisotopic (exact) mass is 355 g/mol. The number of imidazole rings is 1. The van der Waals surface area contributed by atoms with Crippen LogP contribution in [-0.4, -0.2) is 61.4 Å². The second kappa shape index (κ2) is 6.76. The Bertz CT molecular complexity index is 1030. The Kier molecular flexibility index (Phi) is 4.50. The van der Waals surface area contributed by atoms with Crippen molar-refractivity contribution in [1.82, 2.24) is 24.0 Å². The van der Waals surface area contributed by atoms with Crippen LogP contribution in [0.3, 0.4) is 0 Å². The SMILES string of the molecule is CC#CCn1c(N2CCN(C(=O)O)CC2)nc2nc(C#N)n(C)c(=O)c21. The number of aromatic nitrogens is 4. The molecule has 1 amide bonds. The van der Waals surface area contributed by atoms with E-state index in [9.17, 15) is 9.59 Å². The molecule has 2 aromatic rings. The first kappa shape index (κ1) is 17.3. The van der Waals surface area contributed by atoms with E-state index in [0.29, 0.717) is 32.1 Å². The molecule has 0 aromatic carbocycles. The summed E-state index contributed by atoms with van der Waals surface area (Å²) in [6.45, 7) is 3.53. The van der Waals surface area contributed by atoms with Crippen LogP contribution in [0.2, 0.25) is 0 Å². The van der Waals surface area contributed by atoms with E-state index in [4.69, 9.17) is 10.4 Å². The van der Waals surface area contributed by atoms with E-state index in [1.807, 2.05) is 11.0 Å². The van der Waals surface area contributed by atoms with Crippen molar-refractivity contribution in [3.05, 3.63) is 16.2 Å². The lowest BCUT2D eigenvalue weighted by Crippen LogP contribution is -2.49. The molecule has 0 spiro atoms. The number of fused-ring (bicyclic) bond motifs is 1. The molecule has 2 aromatic heterocycles. The van der Waals surface area contributed by atoms with Gasteiger partial charge in [-0.2, -0.15) is 15.2 Å². The van der Waals surface area contributed by atoms with Gasteiger partial charge in [0, 0.05) is 33.2 Å². The average molecular weight is 355 g/mol. The molecule has 1 aliphatic heterocycles. The highest BCUT2D eigenvalue weighted by atomic mass is 16.4. The zero-order valence-electron chi connectivity index (χ0n) is 14.4. The molecule has 26 heavy (non-hydrogen) atoms. The van der Waals surface area contributed by atoms with Gasteiger partial charge in [-0.3, -0.25) is 13.9 Å². The van der Waals surface area contributed by atoms with E-state index in [2.05, 4.69) is 21.8 Å². The maximum atomic E-state index is 12.7. The number of carbonyl (C=O) groups is 1. The van der Waals surface area contributed by atoms with Crippen molar-refractivity contribution >= 4 is 23.2 Å². The van der Waals surface area contributed by atoms with Gasteiger partial charge >= 0.3 is 6.09 Å². The number of rotatable bonds is 2. The van der Waals surface area contributed by atoms with Crippen LogP contribution in [-0.2, 0) is 13.6 Å². The Morgan fingerprint density at radius 2 is 1.96 bits per heavy atom. The van der Waals surface area contributed by atoms with Gasteiger partial charge in [-0.1, -0.05) is 5.92 Å². The van der Waals surface area contributed by atoms with E-state index in [1.165, 1.54) is 16.5 Å². The number of hydrogen-bond donors (Lipinski definition) is 1. The Balaban J connectivity index is 2.11. The molecule has 0 atom stereocenters. The molecule has 1 fully saturated rings. The third-order valence-corrected chi connectivity index (χ3v) is 4.31. The average Bonchev–Trinajstić information content (AvgIpc) is 3.01. The van der Waals surface area contributed by atoms with Gasteiger partial charge in [0.25, 0.3) is 5.56 Å². The van der Waals surface area contributed by atoms with Gasteiger partial charge in [0.2, 0.25) is 11.8 Å². The molecule has 1 N–H and O–H groups in total. The van der Waals surface area contributed by atoms with Gasteiger partial charge in [0.05, 0.1) is 6.54 Å². The molecule has 134 valence electrons. The molecule has 0 aliphatic carbocycles. The fourth-order valence-electron chi connectivity index (χ4n) is 2.90. The maximum absolute atomic E-state index is 12.7. The second-order valence-electron chi connectivity index (χ2n) is 5.76. The van der Waals surface area contributed by atoms with Crippen molar-refractivity contribution in [2.75, 3.05) is 31.1 Å². The third kappa shape index (κ3) is 2.82. The normalized spacial score (nSPS) is 14.0. The van der Waals surface area contributed by atoms with Gasteiger partial charge in [-0.15, -0.1) is 5.92 Å². The number of hydrogen-bond acceptors (Lipinski definition) is 6. The van der Waals surface area contributed by atoms with Crippen LogP contribution in [0.1, 0.15) is 12.7 Å². The zero-order chi connectivity index (χ0) is 18.8. The summed E-state index contributed by atoms with van der Waals surface area (Å²) < 4.78 is 2.87. The van der Waals surface area contributed by atoms with E-state index in [-0.39, 0.29) is 29.1 Å². The first-order valence-electron chi connectivity index (χ1n) is 7.97. The molecule has 3 rings (SSSR count). The van der Waals surface area contributed by atoms with Gasteiger partial charge < -0.3 is 14.9 Å². The fraction of sp³-hybridized carbons (Fsp3) is 0.438. The molecule has 1 saturated heterocycles. The minimum absolute atomic E-state index is 0.0176. The van der Waals surface area contributed by atoms with Gasteiger partial charge in [-0.25, -0.2) is 4.79 Å². The molecule has 0 saturated carbocycles. The summed E-state index contributed by atoms with van der Waals surface area (Å²) in [5, 5.41) is 18.2. The molecular formula is C16H17N7O3. The van der Waals surface area contributed by atoms with Crippen LogP contribution in [0.5, 0.6) is 0 Å². The van der Waals surface area contributed by atoms with Crippen LogP contribution in [0, 0.1) is 23.2 Å². The van der Waals surface area contributed by atoms with Crippen molar-refractivity contribution in [3.63, 3.8) is 0 Å². The standard InChI is InChI=1S/C16H17N7O3/c1-3-4-5-23-12-13(18-11(10-17)20(2)14(12)24)19-15(23)21-6-8-22(9-7-21)16(25)26/h5-9H2,1-2H3,(H,25,26). The van der Waals surface area contributed by atoms with Crippen LogP contribution in [0.4, 0.5) is 10.7 Å². The Morgan fingerprint density at radius 1 is 1.27 bits per heavy atom. The van der Waals surface area contributed by atoms with Crippen molar-refractivity contribution in [1.29, 1.82) is 5.26 Å². The van der Waals surface area contributed by atoms with Gasteiger partial charge in [0.1, 0.15) is 6.07 Å². The highest BCUT2D eigenvalue weighted by Crippen LogP contribution is 2.21. The number of carboxylic acid groups (broad SMARTS) is 1. The molecule has 0 bridgehead atoms. The molecular weight excluding hydrogens is 338 g/mol. The summed E-state index contributed by atoms with van der Waals surface area (Å²) in [6, 6.07) is 1.89. The second-order valence-corrected chi connectivity index (χ2v) is 5.76. The molecule has 0 radical (unpaired) electrons. The first-order valence-corrected chi connectivity index (χ1v) is 7.97. The Labute approximate surface area is 148 Å². The number of nitrogens with zero attached hydrogens (tertiary/aromatic N) is 7. The smallest absolute Gasteiger partial charge is 0.407 e. The predicted octanol–water partition coefficient (Wildman–Crippen LogP) is -0.175. The molecule has 10 nitrogen and oxygen atoms in total. The quantitative estimate of drug-likeness (QED) is 0.742. The number of nitriles is 1. The van der Waals surface area contributed by atoms with Crippen LogP contribution < -0.4 is 10.5 Å². The van der Waals surface area contributed by atoms with E-state index < -0.39 is 6.09 Å². The molecule has 3 heterocycles. The van der Waals surface area contributed by atoms with Crippen LogP contribution in [0.15, 0.2) is 4.79 Å². The number of anilines is 1. The summed E-state index contributed by atoms with van der Waals surface area (Å²) in [6.07, 6.45) is -0.954. The summed E-state index contributed by atoms with van der Waals surface area (Å²) in [5.74, 6) is 6.21. The van der Waals surface area contributed by atoms with Crippen molar-refractivity contribution < 1.29 is 9.90 Å². The highest BCUT2D eigenvalue weighted by molar-refractivity contribution is 5.75. The third-order valence-electron chi connectivity index (χ3n) is 4.31. The lowest BCUT2D eigenvalue weighted by Gasteiger charge is -2.33. The van der Waals surface area contributed by atoms with Crippen molar-refractivity contribution in [2.24, 2.45) is 7.05 Å². The zero-order valence-corrected chi connectivity index (χ0v) is 14.4. The summed E-state index contributed by atoms with van der Waals surface area (Å²) in [4.78, 5) is 35.6. The molecule has 10 heteroatoms. The minimum atomic E-state index is -0.954. The predicted molar refractivity (Wildman–Crippen MR) is 92.7 cm³/mol. The van der Waals surface area contributed by atoms with E-state index >= 15 is 0 Å². The Morgan fingerprint density at radius 3 is 2.54 bits per heavy atom. The largest absolute Gasteiger partial charge is 0.465 e. The van der Waals surface area contributed by atoms with Crippen LogP contribution in [0.25, 0.3) is 11.2 Å².